The van der Waals surface area contributed by atoms with E-state index in [1.165, 1.54) is 23.1 Å². The van der Waals surface area contributed by atoms with Crippen LogP contribution >= 0.6 is 30.7 Å². The van der Waals surface area contributed by atoms with Crippen molar-refractivity contribution in [3.05, 3.63) is 40.4 Å². The van der Waals surface area contributed by atoms with Gasteiger partial charge in [0.05, 0.1) is 37.5 Å². The zero-order valence-electron chi connectivity index (χ0n) is 21.8. The number of nitrogens with one attached hydrogen (secondary N) is 1. The third kappa shape index (κ3) is 8.21. The summed E-state index contributed by atoms with van der Waals surface area (Å²) in [5.74, 6) is 0.958. The zero-order valence-corrected chi connectivity index (χ0v) is 24.3. The lowest BCUT2D eigenvalue weighted by atomic mass is 10.0. The van der Waals surface area contributed by atoms with Gasteiger partial charge in [-0.1, -0.05) is 37.7 Å². The molecule has 9 nitrogen and oxygen atoms in total. The minimum atomic E-state index is -3.34. The number of rotatable bonds is 14. The smallest absolute Gasteiger partial charge is 0.337 e. The van der Waals surface area contributed by atoms with Crippen molar-refractivity contribution in [2.24, 2.45) is 5.92 Å². The average molecular weight is 564 g/mol. The number of aliphatic hydroxyl groups excluding tert-OH is 1. The third-order valence-electron chi connectivity index (χ3n) is 5.34. The van der Waals surface area contributed by atoms with Crippen molar-refractivity contribution in [1.82, 2.24) is 15.0 Å². The number of nitrogens with zero attached hydrogens (tertiary/aromatic N) is 4. The Balaban J connectivity index is 1.99. The van der Waals surface area contributed by atoms with E-state index in [1.54, 1.807) is 19.9 Å². The number of aromatic nitrogens is 3. The molecule has 0 spiro atoms. The van der Waals surface area contributed by atoms with Crippen LogP contribution in [0.25, 0.3) is 10.3 Å². The maximum absolute atomic E-state index is 13.1. The molecule has 3 aromatic rings. The first-order valence-electron chi connectivity index (χ1n) is 12.3. The van der Waals surface area contributed by atoms with E-state index in [-0.39, 0.29) is 37.3 Å². The van der Waals surface area contributed by atoms with Crippen molar-refractivity contribution >= 4 is 46.9 Å². The first kappa shape index (κ1) is 29.5. The number of hydrogen-bond donors (Lipinski definition) is 2. The zero-order chi connectivity index (χ0) is 27.0. The number of anilines is 1. The Labute approximate surface area is 226 Å². The van der Waals surface area contributed by atoms with Crippen LogP contribution in [-0.4, -0.2) is 45.9 Å². The molecule has 37 heavy (non-hydrogen) atoms. The summed E-state index contributed by atoms with van der Waals surface area (Å²) < 4.78 is 24.8. The molecule has 0 saturated carbocycles. The van der Waals surface area contributed by atoms with Gasteiger partial charge in [-0.3, -0.25) is 4.57 Å². The highest BCUT2D eigenvalue weighted by atomic mass is 32.2. The van der Waals surface area contributed by atoms with Gasteiger partial charge in [0.25, 0.3) is 0 Å². The average Bonchev–Trinajstić information content (AvgIpc) is 3.25. The highest BCUT2D eigenvalue weighted by Crippen LogP contribution is 2.52. The summed E-state index contributed by atoms with van der Waals surface area (Å²) in [6.07, 6.45) is 0.807. The highest BCUT2D eigenvalue weighted by molar-refractivity contribution is 7.99. The van der Waals surface area contributed by atoms with E-state index in [2.05, 4.69) is 30.2 Å². The van der Waals surface area contributed by atoms with Crippen LogP contribution in [0.2, 0.25) is 0 Å². The standard InChI is InChI=1S/C25H34N5O4PS2/c1-6-33-35(32,34-7-2)15-21-28-24-22(37-21)23(27-20(14-31)11-16(3)4)29-25(30-24)36-17(5)19-10-8-9-18(12-19)13-26/h8-10,12,16-17,20,31H,6-7,11,14-15H2,1-5H3,(H,27,29,30). The second kappa shape index (κ2) is 13.7. The SMILES string of the molecule is CCOP(=O)(Cc1nc2nc(SC(C)c3cccc(C#N)c3)nc(NC(CO)CC(C)C)c2s1)OCC. The van der Waals surface area contributed by atoms with E-state index < -0.39 is 7.60 Å². The molecule has 0 aliphatic heterocycles. The van der Waals surface area contributed by atoms with Gasteiger partial charge in [-0.15, -0.1) is 11.3 Å². The Morgan fingerprint density at radius 2 is 1.92 bits per heavy atom. The molecule has 0 fully saturated rings. The quantitative estimate of drug-likeness (QED) is 0.129. The number of aliphatic hydroxyl groups is 1. The van der Waals surface area contributed by atoms with E-state index in [4.69, 9.17) is 19.0 Å². The largest absolute Gasteiger partial charge is 0.394 e. The molecular weight excluding hydrogens is 529 g/mol. The fourth-order valence-corrected chi connectivity index (χ4v) is 7.59. The van der Waals surface area contributed by atoms with Crippen LogP contribution in [0.4, 0.5) is 5.82 Å². The maximum atomic E-state index is 13.1. The van der Waals surface area contributed by atoms with E-state index >= 15 is 0 Å². The summed E-state index contributed by atoms with van der Waals surface area (Å²) >= 11 is 2.80. The molecule has 200 valence electrons. The molecule has 2 atom stereocenters. The van der Waals surface area contributed by atoms with Crippen molar-refractivity contribution in [3.8, 4) is 6.07 Å². The lowest BCUT2D eigenvalue weighted by Gasteiger charge is -2.19. The minimum Gasteiger partial charge on any atom is -0.394 e. The fourth-order valence-electron chi connectivity index (χ4n) is 3.78. The maximum Gasteiger partial charge on any atom is 0.337 e. The van der Waals surface area contributed by atoms with Gasteiger partial charge >= 0.3 is 7.60 Å². The normalized spacial score (nSPS) is 13.6. The number of hydrogen-bond acceptors (Lipinski definition) is 11. The number of benzene rings is 1. The lowest BCUT2D eigenvalue weighted by Crippen LogP contribution is -2.26. The summed E-state index contributed by atoms with van der Waals surface area (Å²) in [4.78, 5) is 14.1. The molecule has 0 aliphatic carbocycles. The van der Waals surface area contributed by atoms with Crippen LogP contribution in [0, 0.1) is 17.2 Å². The number of fused-ring (bicyclic) bond motifs is 1. The topological polar surface area (TPSA) is 130 Å². The predicted molar refractivity (Wildman–Crippen MR) is 149 cm³/mol. The predicted octanol–water partition coefficient (Wildman–Crippen LogP) is 6.40. The second-order valence-corrected chi connectivity index (χ2v) is 13.3. The van der Waals surface area contributed by atoms with Crippen molar-refractivity contribution < 1.29 is 18.7 Å². The molecule has 2 heterocycles. The molecule has 3 rings (SSSR count). The monoisotopic (exact) mass is 563 g/mol. The van der Waals surface area contributed by atoms with Crippen molar-refractivity contribution in [2.45, 2.75) is 63.6 Å². The number of thiazole rings is 1. The Hall–Kier alpha value is -2.06. The van der Waals surface area contributed by atoms with E-state index in [0.717, 1.165) is 16.7 Å². The molecule has 0 aliphatic rings. The summed E-state index contributed by atoms with van der Waals surface area (Å²) in [6.45, 7) is 10.3. The molecule has 0 saturated heterocycles. The van der Waals surface area contributed by atoms with Crippen LogP contribution < -0.4 is 5.32 Å². The van der Waals surface area contributed by atoms with E-state index in [0.29, 0.717) is 33.1 Å². The Morgan fingerprint density at radius 1 is 1.19 bits per heavy atom. The van der Waals surface area contributed by atoms with Gasteiger partial charge in [-0.05, 0) is 50.8 Å². The lowest BCUT2D eigenvalue weighted by molar-refractivity contribution is 0.219. The van der Waals surface area contributed by atoms with Crippen LogP contribution in [0.15, 0.2) is 29.4 Å². The molecule has 2 unspecified atom stereocenters. The highest BCUT2D eigenvalue weighted by Gasteiger charge is 2.27. The van der Waals surface area contributed by atoms with Gasteiger partial charge in [0, 0.05) is 5.25 Å². The third-order valence-corrected chi connectivity index (χ3v) is 9.62. The number of nitriles is 1. The second-order valence-electron chi connectivity index (χ2n) is 8.87. The fraction of sp³-hybridized carbons (Fsp3) is 0.520. The van der Waals surface area contributed by atoms with Crippen molar-refractivity contribution in [3.63, 3.8) is 0 Å². The molecule has 2 N–H and O–H groups in total. The van der Waals surface area contributed by atoms with Crippen molar-refractivity contribution in [2.75, 3.05) is 25.1 Å². The first-order valence-corrected chi connectivity index (χ1v) is 15.7. The molecule has 0 radical (unpaired) electrons. The summed E-state index contributed by atoms with van der Waals surface area (Å²) in [5.41, 5.74) is 2.07. The molecule has 12 heteroatoms. The Kier molecular flexibility index (Phi) is 10.9. The van der Waals surface area contributed by atoms with Gasteiger partial charge < -0.3 is 19.5 Å². The first-order chi connectivity index (χ1) is 17.7. The molecule has 0 amide bonds. The summed E-state index contributed by atoms with van der Waals surface area (Å²) in [6, 6.07) is 9.45. The molecule has 1 aromatic carbocycles. The Bertz CT molecular complexity index is 1270. The Morgan fingerprint density at radius 3 is 2.54 bits per heavy atom. The van der Waals surface area contributed by atoms with Gasteiger partial charge in [0.1, 0.15) is 15.9 Å². The van der Waals surface area contributed by atoms with Gasteiger partial charge in [0.15, 0.2) is 16.6 Å². The summed E-state index contributed by atoms with van der Waals surface area (Å²) in [7, 11) is -3.34. The van der Waals surface area contributed by atoms with Crippen LogP contribution in [0.1, 0.15) is 62.4 Å². The minimum absolute atomic E-state index is 0.0165. The van der Waals surface area contributed by atoms with Gasteiger partial charge in [-0.2, -0.15) is 5.26 Å². The molecule has 0 bridgehead atoms. The van der Waals surface area contributed by atoms with Crippen molar-refractivity contribution in [1.29, 1.82) is 5.26 Å². The van der Waals surface area contributed by atoms with Crippen LogP contribution in [-0.2, 0) is 19.8 Å². The van der Waals surface area contributed by atoms with Gasteiger partial charge in [0.2, 0.25) is 0 Å². The molecular formula is C25H34N5O4PS2. The van der Waals surface area contributed by atoms with Crippen LogP contribution in [0.3, 0.4) is 0 Å². The van der Waals surface area contributed by atoms with Crippen LogP contribution in [0.5, 0.6) is 0 Å². The number of thioether (sulfide) groups is 1. The van der Waals surface area contributed by atoms with Gasteiger partial charge in [-0.25, -0.2) is 15.0 Å². The molecule has 2 aromatic heterocycles. The van der Waals surface area contributed by atoms with E-state index in [9.17, 15) is 14.9 Å². The summed E-state index contributed by atoms with van der Waals surface area (Å²) in [5, 5.41) is 23.7. The van der Waals surface area contributed by atoms with E-state index in [1.807, 2.05) is 25.1 Å².